The minimum Gasteiger partial charge on any atom is -0.467 e. The molecular weight excluding hydrogens is 280 g/mol. The summed E-state index contributed by atoms with van der Waals surface area (Å²) in [6.07, 6.45) is 1.85. The van der Waals surface area contributed by atoms with Crippen molar-refractivity contribution >= 4 is 34.4 Å². The summed E-state index contributed by atoms with van der Waals surface area (Å²) in [5.74, 6) is -0.765. The second-order valence-electron chi connectivity index (χ2n) is 4.45. The first-order valence-electron chi connectivity index (χ1n) is 6.10. The summed E-state index contributed by atoms with van der Waals surface area (Å²) in [6, 6.07) is 6.72. The highest BCUT2D eigenvalue weighted by atomic mass is 35.5. The topological polar surface area (TPSA) is 60.3 Å². The first-order chi connectivity index (χ1) is 9.51. The van der Waals surface area contributed by atoms with Crippen LogP contribution in [0.1, 0.15) is 6.92 Å². The zero-order chi connectivity index (χ0) is 14.7. The van der Waals surface area contributed by atoms with E-state index in [-0.39, 0.29) is 12.5 Å². The Morgan fingerprint density at radius 3 is 2.80 bits per heavy atom. The lowest BCUT2D eigenvalue weighted by atomic mass is 10.2. The Kier molecular flexibility index (Phi) is 4.29. The van der Waals surface area contributed by atoms with Crippen LogP contribution in [0, 0.1) is 0 Å². The molecule has 106 valence electrons. The van der Waals surface area contributed by atoms with Gasteiger partial charge in [0, 0.05) is 23.7 Å². The highest BCUT2D eigenvalue weighted by Gasteiger charge is 2.21. The van der Waals surface area contributed by atoms with Gasteiger partial charge < -0.3 is 14.6 Å². The van der Waals surface area contributed by atoms with Crippen molar-refractivity contribution in [2.24, 2.45) is 0 Å². The second kappa shape index (κ2) is 5.96. The molecule has 1 aromatic heterocycles. The van der Waals surface area contributed by atoms with E-state index in [1.807, 2.05) is 29.0 Å². The zero-order valence-corrected chi connectivity index (χ0v) is 12.0. The number of hydrogen-bond acceptors (Lipinski definition) is 3. The van der Waals surface area contributed by atoms with Gasteiger partial charge in [0.15, 0.2) is 0 Å². The fraction of sp³-hybridized carbons (Fsp3) is 0.286. The maximum Gasteiger partial charge on any atom is 0.330 e. The number of nitrogens with one attached hydrogen (secondary N) is 1. The van der Waals surface area contributed by atoms with Gasteiger partial charge in [-0.2, -0.15) is 0 Å². The van der Waals surface area contributed by atoms with Crippen molar-refractivity contribution in [2.75, 3.05) is 7.11 Å². The van der Waals surface area contributed by atoms with E-state index in [0.29, 0.717) is 5.02 Å². The van der Waals surface area contributed by atoms with Crippen LogP contribution in [0.2, 0.25) is 5.02 Å². The fourth-order valence-corrected chi connectivity index (χ4v) is 2.25. The van der Waals surface area contributed by atoms with E-state index in [0.717, 1.165) is 10.9 Å². The van der Waals surface area contributed by atoms with Crippen molar-refractivity contribution in [3.05, 3.63) is 35.5 Å². The van der Waals surface area contributed by atoms with Crippen molar-refractivity contribution in [3.8, 4) is 0 Å². The first-order valence-corrected chi connectivity index (χ1v) is 6.48. The van der Waals surface area contributed by atoms with Crippen molar-refractivity contribution in [3.63, 3.8) is 0 Å². The average Bonchev–Trinajstić information content (AvgIpc) is 2.79. The maximum absolute atomic E-state index is 11.7. The molecule has 6 heteroatoms. The van der Waals surface area contributed by atoms with Crippen molar-refractivity contribution in [1.29, 1.82) is 0 Å². The molecule has 5 nitrogen and oxygen atoms in total. The fourth-order valence-electron chi connectivity index (χ4n) is 2.08. The van der Waals surface area contributed by atoms with Crippen LogP contribution in [-0.2, 0) is 20.9 Å². The lowest BCUT2D eigenvalue weighted by Crippen LogP contribution is -2.43. The number of carbonyl (C=O) groups is 2. The normalized spacial score (nSPS) is 12.2. The third-order valence-corrected chi connectivity index (χ3v) is 3.21. The van der Waals surface area contributed by atoms with E-state index < -0.39 is 12.0 Å². The monoisotopic (exact) mass is 294 g/mol. The van der Waals surface area contributed by atoms with Gasteiger partial charge in [-0.05, 0) is 23.6 Å². The quantitative estimate of drug-likeness (QED) is 0.877. The summed E-state index contributed by atoms with van der Waals surface area (Å²) in [4.78, 5) is 22.9. The first kappa shape index (κ1) is 14.4. The number of halogens is 1. The largest absolute Gasteiger partial charge is 0.467 e. The number of amides is 1. The van der Waals surface area contributed by atoms with Gasteiger partial charge in [-0.25, -0.2) is 4.79 Å². The Hall–Kier alpha value is -2.01. The molecule has 0 aliphatic carbocycles. The van der Waals surface area contributed by atoms with Gasteiger partial charge in [0.1, 0.15) is 6.04 Å². The summed E-state index contributed by atoms with van der Waals surface area (Å²) >= 11 is 5.98. The molecule has 0 aliphatic rings. The van der Waals surface area contributed by atoms with E-state index in [2.05, 4.69) is 5.32 Å². The number of fused-ring (bicyclic) bond motifs is 1. The highest BCUT2D eigenvalue weighted by molar-refractivity contribution is 6.31. The van der Waals surface area contributed by atoms with Gasteiger partial charge in [-0.1, -0.05) is 17.7 Å². The minimum atomic E-state index is -0.730. The number of rotatable bonds is 4. The lowest BCUT2D eigenvalue weighted by Gasteiger charge is -2.17. The third-order valence-electron chi connectivity index (χ3n) is 2.98. The van der Waals surface area contributed by atoms with Gasteiger partial charge in [0.05, 0.1) is 13.7 Å². The second-order valence-corrected chi connectivity index (χ2v) is 4.88. The van der Waals surface area contributed by atoms with Crippen molar-refractivity contribution in [2.45, 2.75) is 19.5 Å². The molecule has 2 aromatic rings. The number of methoxy groups -OCH3 is 1. The van der Waals surface area contributed by atoms with Gasteiger partial charge in [0.2, 0.25) is 5.91 Å². The van der Waals surface area contributed by atoms with Crippen LogP contribution in [0.5, 0.6) is 0 Å². The molecule has 0 saturated carbocycles. The molecule has 0 saturated heterocycles. The van der Waals surface area contributed by atoms with Crippen LogP contribution in [-0.4, -0.2) is 29.6 Å². The van der Waals surface area contributed by atoms with Gasteiger partial charge in [-0.3, -0.25) is 4.79 Å². The van der Waals surface area contributed by atoms with Crippen LogP contribution in [0.25, 0.3) is 10.9 Å². The summed E-state index contributed by atoms with van der Waals surface area (Å²) in [7, 11) is 1.29. The molecule has 0 fully saturated rings. The molecule has 0 aliphatic heterocycles. The van der Waals surface area contributed by atoms with E-state index >= 15 is 0 Å². The number of hydrogen-bond donors (Lipinski definition) is 1. The van der Waals surface area contributed by atoms with E-state index in [1.54, 1.807) is 6.07 Å². The van der Waals surface area contributed by atoms with Gasteiger partial charge in [0.25, 0.3) is 0 Å². The molecular formula is C14H15ClN2O3. The van der Waals surface area contributed by atoms with Crippen molar-refractivity contribution in [1.82, 2.24) is 9.88 Å². The molecule has 0 bridgehead atoms. The minimum absolute atomic E-state index is 0.283. The van der Waals surface area contributed by atoms with E-state index in [9.17, 15) is 9.59 Å². The SMILES string of the molecule is COC(=O)C(Cn1ccc2ccc(Cl)cc21)NC(C)=O. The van der Waals surface area contributed by atoms with Crippen LogP contribution >= 0.6 is 11.6 Å². The number of nitrogens with zero attached hydrogens (tertiary/aromatic N) is 1. The molecule has 0 radical (unpaired) electrons. The summed E-state index contributed by atoms with van der Waals surface area (Å²) < 4.78 is 6.56. The zero-order valence-electron chi connectivity index (χ0n) is 11.2. The molecule has 2 rings (SSSR count). The van der Waals surface area contributed by atoms with Crippen LogP contribution in [0.15, 0.2) is 30.5 Å². The Morgan fingerprint density at radius 1 is 1.40 bits per heavy atom. The van der Waals surface area contributed by atoms with E-state index in [1.165, 1.54) is 14.0 Å². The maximum atomic E-state index is 11.7. The number of carbonyl (C=O) groups excluding carboxylic acids is 2. The van der Waals surface area contributed by atoms with Crippen LogP contribution < -0.4 is 5.32 Å². The van der Waals surface area contributed by atoms with Gasteiger partial charge >= 0.3 is 5.97 Å². The van der Waals surface area contributed by atoms with E-state index in [4.69, 9.17) is 16.3 Å². The summed E-state index contributed by atoms with van der Waals surface area (Å²) in [5, 5.41) is 4.21. The molecule has 1 atom stereocenters. The van der Waals surface area contributed by atoms with Crippen molar-refractivity contribution < 1.29 is 14.3 Å². The highest BCUT2D eigenvalue weighted by Crippen LogP contribution is 2.20. The Morgan fingerprint density at radius 2 is 2.15 bits per heavy atom. The number of ether oxygens (including phenoxy) is 1. The van der Waals surface area contributed by atoms with Crippen LogP contribution in [0.3, 0.4) is 0 Å². The number of benzene rings is 1. The number of esters is 1. The molecule has 1 N–H and O–H groups in total. The van der Waals surface area contributed by atoms with Crippen LogP contribution in [0.4, 0.5) is 0 Å². The van der Waals surface area contributed by atoms with Gasteiger partial charge in [-0.15, -0.1) is 0 Å². The predicted octanol–water partition coefficient (Wildman–Crippen LogP) is 1.97. The molecule has 20 heavy (non-hydrogen) atoms. The smallest absolute Gasteiger partial charge is 0.330 e. The Labute approximate surface area is 121 Å². The molecule has 1 unspecified atom stereocenters. The molecule has 1 aromatic carbocycles. The Bertz CT molecular complexity index is 651. The third kappa shape index (κ3) is 3.11. The summed E-state index contributed by atoms with van der Waals surface area (Å²) in [6.45, 7) is 1.65. The summed E-state index contributed by atoms with van der Waals surface area (Å²) in [5.41, 5.74) is 0.900. The standard InChI is InChI=1S/C14H15ClN2O3/c1-9(18)16-12(14(19)20-2)8-17-6-5-10-3-4-11(15)7-13(10)17/h3-7,12H,8H2,1-2H3,(H,16,18). The predicted molar refractivity (Wildman–Crippen MR) is 76.6 cm³/mol. The Balaban J connectivity index is 2.30. The molecule has 1 heterocycles. The molecule has 1 amide bonds. The lowest BCUT2D eigenvalue weighted by molar-refractivity contribution is -0.145. The average molecular weight is 295 g/mol. The number of aromatic nitrogens is 1. The molecule has 0 spiro atoms.